The van der Waals surface area contributed by atoms with E-state index in [-0.39, 0.29) is 0 Å². The smallest absolute Gasteiger partial charge is 0.227 e. The molecule has 0 saturated carbocycles. The van der Waals surface area contributed by atoms with E-state index >= 15 is 0 Å². The highest BCUT2D eigenvalue weighted by Crippen LogP contribution is 2.15. The molecule has 22 heavy (non-hydrogen) atoms. The van der Waals surface area contributed by atoms with Crippen LogP contribution in [-0.4, -0.2) is 45.4 Å². The van der Waals surface area contributed by atoms with E-state index in [0.717, 1.165) is 31.5 Å². The molecule has 0 unspecified atom stereocenters. The number of rotatable bonds is 8. The lowest BCUT2D eigenvalue weighted by Gasteiger charge is -2.27. The fourth-order valence-electron chi connectivity index (χ4n) is 2.41. The molecule has 0 aliphatic rings. The highest BCUT2D eigenvalue weighted by molar-refractivity contribution is 5.53. The van der Waals surface area contributed by atoms with Crippen molar-refractivity contribution < 1.29 is 9.63 Å². The molecule has 0 spiro atoms. The third kappa shape index (κ3) is 5.24. The van der Waals surface area contributed by atoms with E-state index in [1.54, 1.807) is 0 Å². The third-order valence-corrected chi connectivity index (χ3v) is 3.42. The lowest BCUT2D eigenvalue weighted by molar-refractivity contribution is 0.0374. The quantitative estimate of drug-likeness (QED) is 0.812. The SMILES string of the molecule is CCN(CCCc1nc(-c2ccccc2)no1)CC(C)(C)O. The van der Waals surface area contributed by atoms with Crippen molar-refractivity contribution in [2.45, 2.75) is 39.2 Å². The number of hydrogen-bond acceptors (Lipinski definition) is 5. The number of aromatic nitrogens is 2. The molecule has 5 nitrogen and oxygen atoms in total. The molecule has 5 heteroatoms. The molecule has 0 saturated heterocycles. The number of benzene rings is 1. The Morgan fingerprint density at radius 2 is 1.95 bits per heavy atom. The van der Waals surface area contributed by atoms with E-state index in [1.165, 1.54) is 0 Å². The predicted octanol–water partition coefficient (Wildman–Crippen LogP) is 2.76. The Bertz CT molecular complexity index is 561. The summed E-state index contributed by atoms with van der Waals surface area (Å²) in [5.74, 6) is 1.30. The van der Waals surface area contributed by atoms with Crippen LogP contribution in [0.5, 0.6) is 0 Å². The summed E-state index contributed by atoms with van der Waals surface area (Å²) in [7, 11) is 0. The highest BCUT2D eigenvalue weighted by Gasteiger charge is 2.17. The Morgan fingerprint density at radius 3 is 2.59 bits per heavy atom. The molecule has 1 aromatic carbocycles. The van der Waals surface area contributed by atoms with E-state index in [2.05, 4.69) is 22.0 Å². The normalized spacial score (nSPS) is 12.0. The maximum absolute atomic E-state index is 9.88. The Morgan fingerprint density at radius 1 is 1.23 bits per heavy atom. The van der Waals surface area contributed by atoms with E-state index in [9.17, 15) is 5.11 Å². The molecule has 1 aromatic heterocycles. The fraction of sp³-hybridized carbons (Fsp3) is 0.529. The largest absolute Gasteiger partial charge is 0.389 e. The number of likely N-dealkylation sites (N-methyl/N-ethyl adjacent to an activating group) is 1. The van der Waals surface area contributed by atoms with Crippen LogP contribution in [0.3, 0.4) is 0 Å². The lowest BCUT2D eigenvalue weighted by atomic mass is 10.1. The summed E-state index contributed by atoms with van der Waals surface area (Å²) in [6, 6.07) is 9.82. The van der Waals surface area contributed by atoms with Crippen LogP contribution in [0.4, 0.5) is 0 Å². The fourth-order valence-corrected chi connectivity index (χ4v) is 2.41. The second-order valence-corrected chi connectivity index (χ2v) is 6.16. The van der Waals surface area contributed by atoms with Crippen LogP contribution in [-0.2, 0) is 6.42 Å². The second-order valence-electron chi connectivity index (χ2n) is 6.16. The summed E-state index contributed by atoms with van der Waals surface area (Å²) < 4.78 is 5.31. The van der Waals surface area contributed by atoms with Crippen molar-refractivity contribution >= 4 is 0 Å². The molecule has 0 fully saturated rings. The minimum absolute atomic E-state index is 0.638. The number of hydrogen-bond donors (Lipinski definition) is 1. The molecule has 0 radical (unpaired) electrons. The average molecular weight is 303 g/mol. The van der Waals surface area contributed by atoms with E-state index < -0.39 is 5.60 Å². The zero-order valence-electron chi connectivity index (χ0n) is 13.6. The Balaban J connectivity index is 1.84. The standard InChI is InChI=1S/C17H25N3O2/c1-4-20(13-17(2,3)21)12-8-11-15-18-16(19-22-15)14-9-6-5-7-10-14/h5-7,9-10,21H,4,8,11-13H2,1-3H3. The van der Waals surface area contributed by atoms with Gasteiger partial charge in [0.15, 0.2) is 0 Å². The lowest BCUT2D eigenvalue weighted by Crippen LogP contribution is -2.39. The van der Waals surface area contributed by atoms with Crippen LogP contribution in [0.25, 0.3) is 11.4 Å². The summed E-state index contributed by atoms with van der Waals surface area (Å²) in [5, 5.41) is 13.9. The Kier molecular flexibility index (Phi) is 5.69. The predicted molar refractivity (Wildman–Crippen MR) is 86.5 cm³/mol. The molecule has 0 aliphatic heterocycles. The van der Waals surface area contributed by atoms with E-state index in [1.807, 2.05) is 44.2 Å². The molecule has 0 amide bonds. The maximum atomic E-state index is 9.88. The summed E-state index contributed by atoms with van der Waals surface area (Å²) in [4.78, 5) is 6.66. The van der Waals surface area contributed by atoms with Crippen LogP contribution in [0.15, 0.2) is 34.9 Å². The molecule has 2 rings (SSSR count). The van der Waals surface area contributed by atoms with Gasteiger partial charge in [-0.05, 0) is 33.4 Å². The first kappa shape index (κ1) is 16.6. The van der Waals surface area contributed by atoms with Gasteiger partial charge in [-0.15, -0.1) is 0 Å². The average Bonchev–Trinajstić information content (AvgIpc) is 2.95. The van der Waals surface area contributed by atoms with Crippen LogP contribution >= 0.6 is 0 Å². The molecule has 120 valence electrons. The highest BCUT2D eigenvalue weighted by atomic mass is 16.5. The molecule has 2 aromatic rings. The summed E-state index contributed by atoms with van der Waals surface area (Å²) in [6.45, 7) is 8.26. The van der Waals surface area contributed by atoms with Crippen molar-refractivity contribution in [1.29, 1.82) is 0 Å². The van der Waals surface area contributed by atoms with Gasteiger partial charge < -0.3 is 14.5 Å². The van der Waals surface area contributed by atoms with Crippen molar-refractivity contribution in [3.63, 3.8) is 0 Å². The molecular formula is C17H25N3O2. The van der Waals surface area contributed by atoms with E-state index in [4.69, 9.17) is 4.52 Å². The molecule has 0 aliphatic carbocycles. The summed E-state index contributed by atoms with van der Waals surface area (Å²) in [5.41, 5.74) is 0.302. The zero-order chi connectivity index (χ0) is 16.0. The monoisotopic (exact) mass is 303 g/mol. The van der Waals surface area contributed by atoms with Gasteiger partial charge in [0, 0.05) is 18.5 Å². The van der Waals surface area contributed by atoms with Gasteiger partial charge in [-0.25, -0.2) is 0 Å². The van der Waals surface area contributed by atoms with Gasteiger partial charge in [-0.1, -0.05) is 42.4 Å². The molecule has 1 heterocycles. The van der Waals surface area contributed by atoms with Crippen molar-refractivity contribution in [3.8, 4) is 11.4 Å². The summed E-state index contributed by atoms with van der Waals surface area (Å²) in [6.07, 6.45) is 1.68. The van der Waals surface area contributed by atoms with Crippen molar-refractivity contribution in [3.05, 3.63) is 36.2 Å². The van der Waals surface area contributed by atoms with Crippen molar-refractivity contribution in [2.75, 3.05) is 19.6 Å². The van der Waals surface area contributed by atoms with Gasteiger partial charge in [0.25, 0.3) is 0 Å². The molecule has 1 N–H and O–H groups in total. The van der Waals surface area contributed by atoms with Crippen LogP contribution < -0.4 is 0 Å². The van der Waals surface area contributed by atoms with Gasteiger partial charge in [-0.3, -0.25) is 0 Å². The molecule has 0 bridgehead atoms. The number of aliphatic hydroxyl groups is 1. The van der Waals surface area contributed by atoms with Gasteiger partial charge in [0.1, 0.15) is 0 Å². The van der Waals surface area contributed by atoms with Gasteiger partial charge >= 0.3 is 0 Å². The van der Waals surface area contributed by atoms with Crippen LogP contribution in [0, 0.1) is 0 Å². The van der Waals surface area contributed by atoms with Gasteiger partial charge in [0.05, 0.1) is 5.60 Å². The summed E-state index contributed by atoms with van der Waals surface area (Å²) >= 11 is 0. The van der Waals surface area contributed by atoms with E-state index in [0.29, 0.717) is 18.3 Å². The Hall–Kier alpha value is -1.72. The maximum Gasteiger partial charge on any atom is 0.227 e. The minimum Gasteiger partial charge on any atom is -0.389 e. The molecule has 0 atom stereocenters. The Labute approximate surface area is 132 Å². The first-order valence-electron chi connectivity index (χ1n) is 7.80. The second kappa shape index (κ2) is 7.51. The van der Waals surface area contributed by atoms with Crippen LogP contribution in [0.1, 0.15) is 33.1 Å². The van der Waals surface area contributed by atoms with Crippen LogP contribution in [0.2, 0.25) is 0 Å². The first-order valence-corrected chi connectivity index (χ1v) is 7.80. The third-order valence-electron chi connectivity index (χ3n) is 3.42. The van der Waals surface area contributed by atoms with Crippen molar-refractivity contribution in [2.24, 2.45) is 0 Å². The van der Waals surface area contributed by atoms with Crippen molar-refractivity contribution in [1.82, 2.24) is 15.0 Å². The van der Waals surface area contributed by atoms with Gasteiger partial charge in [0.2, 0.25) is 11.7 Å². The zero-order valence-corrected chi connectivity index (χ0v) is 13.6. The topological polar surface area (TPSA) is 62.4 Å². The minimum atomic E-state index is -0.666. The molecular weight excluding hydrogens is 278 g/mol. The first-order chi connectivity index (χ1) is 10.5. The van der Waals surface area contributed by atoms with Gasteiger partial charge in [-0.2, -0.15) is 4.98 Å². The number of nitrogens with zero attached hydrogens (tertiary/aromatic N) is 3. The number of aryl methyl sites for hydroxylation is 1.